The fraction of sp³-hybridized carbons (Fsp3) is 0.870. The summed E-state index contributed by atoms with van der Waals surface area (Å²) in [5.41, 5.74) is 0. The minimum atomic E-state index is 0.224. The van der Waals surface area contributed by atoms with E-state index in [1.807, 2.05) is 0 Å². The Balaban J connectivity index is 1.81. The third kappa shape index (κ3) is 12.5. The fourth-order valence-electron chi connectivity index (χ4n) is 3.67. The van der Waals surface area contributed by atoms with Crippen molar-refractivity contribution in [2.75, 3.05) is 26.2 Å². The number of β-amino-alcohol motifs (C(OH)–C–C–N with tert-alkyl or cyclic N) is 1. The largest absolute Gasteiger partial charge is 0.395 e. The SMILES string of the molecule is CCCCCCCCCCCCCCC/C=C/CC1=NCCN1CCO. The fourth-order valence-corrected chi connectivity index (χ4v) is 3.67. The van der Waals surface area contributed by atoms with Gasteiger partial charge in [-0.3, -0.25) is 4.99 Å². The molecular formula is C23H44N2O. The summed E-state index contributed by atoms with van der Waals surface area (Å²) in [5, 5.41) is 9.04. The van der Waals surface area contributed by atoms with Crippen LogP contribution in [0.25, 0.3) is 0 Å². The molecule has 0 radical (unpaired) electrons. The first kappa shape index (κ1) is 23.2. The molecule has 1 aliphatic rings. The second-order valence-corrected chi connectivity index (χ2v) is 7.72. The molecule has 3 nitrogen and oxygen atoms in total. The summed E-state index contributed by atoms with van der Waals surface area (Å²) in [6.45, 7) is 5.10. The van der Waals surface area contributed by atoms with E-state index in [1.165, 1.54) is 89.9 Å². The highest BCUT2D eigenvalue weighted by molar-refractivity contribution is 5.85. The van der Waals surface area contributed by atoms with E-state index < -0.39 is 0 Å². The van der Waals surface area contributed by atoms with Crippen LogP contribution >= 0.6 is 0 Å². The average Bonchev–Trinajstić information content (AvgIpc) is 3.09. The van der Waals surface area contributed by atoms with Crippen molar-refractivity contribution in [2.24, 2.45) is 4.99 Å². The number of aliphatic hydroxyl groups excluding tert-OH is 1. The molecule has 26 heavy (non-hydrogen) atoms. The number of nitrogens with zero attached hydrogens (tertiary/aromatic N) is 2. The lowest BCUT2D eigenvalue weighted by Gasteiger charge is -2.17. The number of hydrogen-bond acceptors (Lipinski definition) is 3. The van der Waals surface area contributed by atoms with Gasteiger partial charge in [-0.25, -0.2) is 0 Å². The zero-order valence-electron chi connectivity index (χ0n) is 17.4. The van der Waals surface area contributed by atoms with Crippen LogP contribution < -0.4 is 0 Å². The standard InChI is InChI=1S/C23H44N2O/c1-2-3-4-5-6-7-8-9-10-11-12-13-14-15-16-17-18-23-24-19-20-25(23)21-22-26/h16-17,26H,2-15,18-22H2,1H3/b17-16+. The Kier molecular flexibility index (Phi) is 15.7. The molecule has 1 N–H and O–H groups in total. The summed E-state index contributed by atoms with van der Waals surface area (Å²) < 4.78 is 0. The maximum Gasteiger partial charge on any atom is 0.103 e. The molecule has 0 atom stereocenters. The first-order chi connectivity index (χ1) is 12.9. The van der Waals surface area contributed by atoms with Crippen molar-refractivity contribution in [1.82, 2.24) is 4.90 Å². The molecule has 3 heteroatoms. The summed E-state index contributed by atoms with van der Waals surface area (Å²) in [6, 6.07) is 0. The molecule has 0 aromatic rings. The van der Waals surface area contributed by atoms with Crippen molar-refractivity contribution < 1.29 is 5.11 Å². The molecule has 1 aliphatic heterocycles. The van der Waals surface area contributed by atoms with Gasteiger partial charge in [0.25, 0.3) is 0 Å². The van der Waals surface area contributed by atoms with Gasteiger partial charge in [0.15, 0.2) is 0 Å². The molecule has 1 heterocycles. The second-order valence-electron chi connectivity index (χ2n) is 7.72. The van der Waals surface area contributed by atoms with Crippen LogP contribution in [-0.4, -0.2) is 42.1 Å². The summed E-state index contributed by atoms with van der Waals surface area (Å²) in [5.74, 6) is 1.15. The normalized spacial score (nSPS) is 14.5. The predicted molar refractivity (Wildman–Crippen MR) is 115 cm³/mol. The number of aliphatic hydroxyl groups is 1. The van der Waals surface area contributed by atoms with E-state index in [1.54, 1.807) is 0 Å². The third-order valence-corrected chi connectivity index (χ3v) is 5.34. The van der Waals surface area contributed by atoms with E-state index in [9.17, 15) is 0 Å². The molecule has 0 saturated heterocycles. The van der Waals surface area contributed by atoms with Crippen LogP contribution in [0.4, 0.5) is 0 Å². The first-order valence-corrected chi connectivity index (χ1v) is 11.4. The van der Waals surface area contributed by atoms with Crippen LogP contribution in [0.15, 0.2) is 17.1 Å². The summed E-state index contributed by atoms with van der Waals surface area (Å²) >= 11 is 0. The van der Waals surface area contributed by atoms with Crippen LogP contribution in [0.2, 0.25) is 0 Å². The molecule has 0 fully saturated rings. The quantitative estimate of drug-likeness (QED) is 0.235. The van der Waals surface area contributed by atoms with E-state index in [-0.39, 0.29) is 6.61 Å². The zero-order chi connectivity index (χ0) is 18.7. The van der Waals surface area contributed by atoms with E-state index >= 15 is 0 Å². The zero-order valence-corrected chi connectivity index (χ0v) is 17.4. The van der Waals surface area contributed by atoms with Gasteiger partial charge in [0.1, 0.15) is 5.84 Å². The average molecular weight is 365 g/mol. The van der Waals surface area contributed by atoms with Gasteiger partial charge in [0, 0.05) is 19.5 Å². The first-order valence-electron chi connectivity index (χ1n) is 11.4. The van der Waals surface area contributed by atoms with Crippen molar-refractivity contribution in [3.8, 4) is 0 Å². The van der Waals surface area contributed by atoms with Crippen molar-refractivity contribution >= 4 is 5.84 Å². The summed E-state index contributed by atoms with van der Waals surface area (Å²) in [6.07, 6.45) is 25.1. The maximum atomic E-state index is 9.04. The molecule has 1 rings (SSSR count). The minimum Gasteiger partial charge on any atom is -0.395 e. The summed E-state index contributed by atoms with van der Waals surface area (Å²) in [4.78, 5) is 6.73. The highest BCUT2D eigenvalue weighted by Crippen LogP contribution is 2.13. The van der Waals surface area contributed by atoms with Crippen LogP contribution in [-0.2, 0) is 0 Å². The van der Waals surface area contributed by atoms with Crippen molar-refractivity contribution in [3.63, 3.8) is 0 Å². The number of amidine groups is 1. The lowest BCUT2D eigenvalue weighted by molar-refractivity contribution is 0.255. The molecular weight excluding hydrogens is 320 g/mol. The van der Waals surface area contributed by atoms with Gasteiger partial charge in [0.05, 0.1) is 13.2 Å². The Bertz CT molecular complexity index is 365. The molecule has 0 aromatic carbocycles. The molecule has 0 saturated carbocycles. The Morgan fingerprint density at radius 2 is 1.42 bits per heavy atom. The molecule has 152 valence electrons. The minimum absolute atomic E-state index is 0.224. The smallest absolute Gasteiger partial charge is 0.103 e. The van der Waals surface area contributed by atoms with Crippen molar-refractivity contribution in [3.05, 3.63) is 12.2 Å². The lowest BCUT2D eigenvalue weighted by atomic mass is 10.0. The van der Waals surface area contributed by atoms with Crippen LogP contribution in [0.5, 0.6) is 0 Å². The number of aliphatic imine (C=N–C) groups is 1. The maximum absolute atomic E-state index is 9.04. The molecule has 0 unspecified atom stereocenters. The van der Waals surface area contributed by atoms with E-state index in [0.717, 1.165) is 31.9 Å². The highest BCUT2D eigenvalue weighted by Gasteiger charge is 2.13. The van der Waals surface area contributed by atoms with Crippen LogP contribution in [0, 0.1) is 0 Å². The van der Waals surface area contributed by atoms with E-state index in [2.05, 4.69) is 29.0 Å². The Morgan fingerprint density at radius 3 is 2.00 bits per heavy atom. The van der Waals surface area contributed by atoms with E-state index in [4.69, 9.17) is 5.11 Å². The van der Waals surface area contributed by atoms with Crippen molar-refractivity contribution in [2.45, 2.75) is 103 Å². The van der Waals surface area contributed by atoms with Crippen molar-refractivity contribution in [1.29, 1.82) is 0 Å². The Morgan fingerprint density at radius 1 is 0.846 bits per heavy atom. The molecule has 0 amide bonds. The molecule has 0 aliphatic carbocycles. The lowest BCUT2D eigenvalue weighted by Crippen LogP contribution is -2.30. The molecule has 0 bridgehead atoms. The molecule has 0 spiro atoms. The Labute approximate surface area is 163 Å². The van der Waals surface area contributed by atoms with Gasteiger partial charge in [-0.05, 0) is 12.8 Å². The van der Waals surface area contributed by atoms with Gasteiger partial charge in [0.2, 0.25) is 0 Å². The van der Waals surface area contributed by atoms with Gasteiger partial charge in [-0.1, -0.05) is 96.1 Å². The van der Waals surface area contributed by atoms with Gasteiger partial charge in [-0.15, -0.1) is 0 Å². The second kappa shape index (κ2) is 17.6. The van der Waals surface area contributed by atoms with Gasteiger partial charge in [-0.2, -0.15) is 0 Å². The highest BCUT2D eigenvalue weighted by atomic mass is 16.3. The Hall–Kier alpha value is -0.830. The molecule has 0 aromatic heterocycles. The third-order valence-electron chi connectivity index (χ3n) is 5.34. The monoisotopic (exact) mass is 364 g/mol. The number of unbranched alkanes of at least 4 members (excludes halogenated alkanes) is 13. The number of rotatable bonds is 18. The topological polar surface area (TPSA) is 35.8 Å². The number of hydrogen-bond donors (Lipinski definition) is 1. The summed E-state index contributed by atoms with van der Waals surface area (Å²) in [7, 11) is 0. The van der Waals surface area contributed by atoms with Crippen LogP contribution in [0.3, 0.4) is 0 Å². The number of allylic oxidation sites excluding steroid dienone is 1. The van der Waals surface area contributed by atoms with E-state index in [0.29, 0.717) is 0 Å². The van der Waals surface area contributed by atoms with Crippen LogP contribution in [0.1, 0.15) is 103 Å². The predicted octanol–water partition coefficient (Wildman–Crippen LogP) is 6.12. The van der Waals surface area contributed by atoms with Gasteiger partial charge < -0.3 is 10.0 Å². The van der Waals surface area contributed by atoms with Gasteiger partial charge >= 0.3 is 0 Å².